The minimum absolute atomic E-state index is 0.0849. The van der Waals surface area contributed by atoms with Crippen molar-refractivity contribution in [2.24, 2.45) is 0 Å². The fourth-order valence-electron chi connectivity index (χ4n) is 3.54. The van der Waals surface area contributed by atoms with E-state index in [0.717, 1.165) is 16.7 Å². The molecule has 5 nitrogen and oxygen atoms in total. The van der Waals surface area contributed by atoms with Gasteiger partial charge >= 0.3 is 0 Å². The zero-order chi connectivity index (χ0) is 24.6. The lowest BCUT2D eigenvalue weighted by Crippen LogP contribution is -2.32. The number of benzene rings is 3. The number of hydrogen-bond acceptors (Lipinski definition) is 4. The zero-order valence-corrected chi connectivity index (χ0v) is 20.7. The second kappa shape index (κ2) is 9.53. The minimum atomic E-state index is -0.987. The normalized spacial score (nSPS) is 11.9. The molecule has 0 bridgehead atoms. The van der Waals surface area contributed by atoms with E-state index in [2.05, 4.69) is 5.32 Å². The number of carbonyl (C=O) groups is 1. The highest BCUT2D eigenvalue weighted by Crippen LogP contribution is 2.35. The van der Waals surface area contributed by atoms with Crippen LogP contribution < -0.4 is 15.5 Å². The van der Waals surface area contributed by atoms with Crippen molar-refractivity contribution in [3.63, 3.8) is 0 Å². The van der Waals surface area contributed by atoms with Crippen molar-refractivity contribution in [2.75, 3.05) is 5.32 Å². The molecule has 0 saturated heterocycles. The Balaban J connectivity index is 1.78. The molecule has 1 N–H and O–H groups in total. The molecule has 0 radical (unpaired) electrons. The van der Waals surface area contributed by atoms with Crippen molar-refractivity contribution in [3.8, 4) is 17.1 Å². The molecular formula is C27H23Cl2NO4. The number of amides is 1. The molecule has 1 unspecified atom stereocenters. The van der Waals surface area contributed by atoms with Crippen LogP contribution in [0.4, 0.5) is 5.69 Å². The molecular weight excluding hydrogens is 473 g/mol. The Bertz CT molecular complexity index is 1460. The average Bonchev–Trinajstić information content (AvgIpc) is 2.79. The van der Waals surface area contributed by atoms with Crippen LogP contribution in [0.5, 0.6) is 5.75 Å². The van der Waals surface area contributed by atoms with Crippen LogP contribution >= 0.6 is 23.2 Å². The second-order valence-corrected chi connectivity index (χ2v) is 9.13. The first-order chi connectivity index (χ1) is 16.1. The number of halogens is 2. The van der Waals surface area contributed by atoms with Crippen LogP contribution in [0.1, 0.15) is 23.6 Å². The second-order valence-electron chi connectivity index (χ2n) is 8.29. The van der Waals surface area contributed by atoms with E-state index < -0.39 is 17.4 Å². The van der Waals surface area contributed by atoms with E-state index in [1.807, 2.05) is 63.2 Å². The van der Waals surface area contributed by atoms with Crippen molar-refractivity contribution in [2.45, 2.75) is 33.8 Å². The smallest absolute Gasteiger partial charge is 0.265 e. The predicted molar refractivity (Wildman–Crippen MR) is 137 cm³/mol. The maximum Gasteiger partial charge on any atom is 0.265 e. The Morgan fingerprint density at radius 1 is 0.971 bits per heavy atom. The molecule has 0 spiro atoms. The van der Waals surface area contributed by atoms with Crippen LogP contribution in [0.3, 0.4) is 0 Å². The summed E-state index contributed by atoms with van der Waals surface area (Å²) < 4.78 is 12.0. The van der Waals surface area contributed by atoms with Crippen molar-refractivity contribution in [1.82, 2.24) is 0 Å². The number of aryl methyl sites for hydroxylation is 3. The van der Waals surface area contributed by atoms with E-state index in [1.165, 1.54) is 12.1 Å². The summed E-state index contributed by atoms with van der Waals surface area (Å²) in [5.74, 6) is -0.293. The van der Waals surface area contributed by atoms with Gasteiger partial charge in [0.15, 0.2) is 17.4 Å². The number of ether oxygens (including phenoxy) is 1. The number of anilines is 1. The predicted octanol–water partition coefficient (Wildman–Crippen LogP) is 7.10. The highest BCUT2D eigenvalue weighted by molar-refractivity contribution is 6.38. The number of hydrogen-bond donors (Lipinski definition) is 1. The molecule has 7 heteroatoms. The quantitative estimate of drug-likeness (QED) is 0.320. The Morgan fingerprint density at radius 2 is 1.65 bits per heavy atom. The standard InChI is InChI=1S/C27H23Cl2NO4/c1-14-6-9-18(10-7-14)24-26(23(31)20-12-19(28)13-21(29)25(20)34-24)33-17(4)27(32)30-22-11-15(2)5-8-16(22)3/h5-13,17H,1-4H3,(H,30,32). The van der Waals surface area contributed by atoms with Crippen molar-refractivity contribution >= 4 is 45.8 Å². The molecule has 0 saturated carbocycles. The van der Waals surface area contributed by atoms with Crippen molar-refractivity contribution < 1.29 is 13.9 Å². The third kappa shape index (κ3) is 4.81. The fourth-order valence-corrected chi connectivity index (χ4v) is 4.08. The number of rotatable bonds is 5. The number of fused-ring (bicyclic) bond motifs is 1. The Morgan fingerprint density at radius 3 is 2.35 bits per heavy atom. The molecule has 1 aromatic heterocycles. The maximum absolute atomic E-state index is 13.5. The summed E-state index contributed by atoms with van der Waals surface area (Å²) in [7, 11) is 0. The van der Waals surface area contributed by atoms with Crippen LogP contribution in [-0.2, 0) is 4.79 Å². The highest BCUT2D eigenvalue weighted by atomic mass is 35.5. The van der Waals surface area contributed by atoms with Gasteiger partial charge in [0.2, 0.25) is 11.2 Å². The van der Waals surface area contributed by atoms with Gasteiger partial charge in [-0.1, -0.05) is 65.2 Å². The van der Waals surface area contributed by atoms with Crippen LogP contribution in [0.15, 0.2) is 63.8 Å². The third-order valence-corrected chi connectivity index (χ3v) is 6.00. The van der Waals surface area contributed by atoms with Crippen LogP contribution in [0.2, 0.25) is 10.0 Å². The minimum Gasteiger partial charge on any atom is -0.473 e. The first-order valence-electron chi connectivity index (χ1n) is 10.7. The Hall–Kier alpha value is -3.28. The van der Waals surface area contributed by atoms with E-state index in [0.29, 0.717) is 16.3 Å². The van der Waals surface area contributed by atoms with Crippen LogP contribution in [-0.4, -0.2) is 12.0 Å². The zero-order valence-electron chi connectivity index (χ0n) is 19.2. The van der Waals surface area contributed by atoms with Gasteiger partial charge in [-0.25, -0.2) is 0 Å². The first-order valence-corrected chi connectivity index (χ1v) is 11.5. The van der Waals surface area contributed by atoms with Gasteiger partial charge in [0, 0.05) is 16.3 Å². The summed E-state index contributed by atoms with van der Waals surface area (Å²) >= 11 is 12.4. The molecule has 1 atom stereocenters. The number of nitrogens with one attached hydrogen (secondary N) is 1. The monoisotopic (exact) mass is 495 g/mol. The van der Waals surface area contributed by atoms with Crippen LogP contribution in [0.25, 0.3) is 22.3 Å². The summed E-state index contributed by atoms with van der Waals surface area (Å²) in [4.78, 5) is 26.4. The SMILES string of the molecule is Cc1ccc(-c2oc3c(Cl)cc(Cl)cc3c(=O)c2OC(C)C(=O)Nc2cc(C)ccc2C)cc1. The maximum atomic E-state index is 13.5. The molecule has 0 aliphatic rings. The Kier molecular flexibility index (Phi) is 6.69. The topological polar surface area (TPSA) is 68.5 Å². The lowest BCUT2D eigenvalue weighted by molar-refractivity contribution is -0.122. The lowest BCUT2D eigenvalue weighted by Gasteiger charge is -2.18. The van der Waals surface area contributed by atoms with Crippen molar-refractivity contribution in [3.05, 3.63) is 91.6 Å². The average molecular weight is 496 g/mol. The van der Waals surface area contributed by atoms with Crippen molar-refractivity contribution in [1.29, 1.82) is 0 Å². The van der Waals surface area contributed by atoms with Gasteiger partial charge in [-0.15, -0.1) is 0 Å². The third-order valence-electron chi connectivity index (χ3n) is 5.50. The summed E-state index contributed by atoms with van der Waals surface area (Å²) in [5, 5.41) is 3.55. The van der Waals surface area contributed by atoms with Gasteiger partial charge in [0.05, 0.1) is 10.4 Å². The molecule has 174 valence electrons. The fraction of sp³-hybridized carbons (Fsp3) is 0.185. The molecule has 1 heterocycles. The molecule has 4 aromatic rings. The van der Waals surface area contributed by atoms with Gasteiger partial charge in [0.25, 0.3) is 5.91 Å². The summed E-state index contributed by atoms with van der Waals surface area (Å²) in [5.41, 5.74) is 4.01. The molecule has 4 rings (SSSR count). The molecule has 1 amide bonds. The first kappa shape index (κ1) is 23.9. The van der Waals surface area contributed by atoms with Gasteiger partial charge in [0.1, 0.15) is 0 Å². The van der Waals surface area contributed by atoms with Gasteiger partial charge in [-0.2, -0.15) is 0 Å². The molecule has 0 fully saturated rings. The van der Waals surface area contributed by atoms with E-state index in [-0.39, 0.29) is 27.5 Å². The summed E-state index contributed by atoms with van der Waals surface area (Å²) in [6.45, 7) is 7.38. The molecule has 34 heavy (non-hydrogen) atoms. The van der Waals surface area contributed by atoms with Gasteiger partial charge in [-0.05, 0) is 57.0 Å². The van der Waals surface area contributed by atoms with Gasteiger partial charge in [-0.3, -0.25) is 9.59 Å². The largest absolute Gasteiger partial charge is 0.473 e. The summed E-state index contributed by atoms with van der Waals surface area (Å²) in [6, 6.07) is 16.2. The van der Waals surface area contributed by atoms with E-state index in [1.54, 1.807) is 6.92 Å². The molecule has 0 aliphatic carbocycles. The molecule has 0 aliphatic heterocycles. The lowest BCUT2D eigenvalue weighted by atomic mass is 10.1. The highest BCUT2D eigenvalue weighted by Gasteiger charge is 2.24. The number of carbonyl (C=O) groups excluding carboxylic acids is 1. The Labute approximate surface area is 207 Å². The molecule has 3 aromatic carbocycles. The van der Waals surface area contributed by atoms with Crippen LogP contribution in [0, 0.1) is 20.8 Å². The summed E-state index contributed by atoms with van der Waals surface area (Å²) in [6.07, 6.45) is -0.987. The van der Waals surface area contributed by atoms with E-state index in [4.69, 9.17) is 32.4 Å². The van der Waals surface area contributed by atoms with Gasteiger partial charge < -0.3 is 14.5 Å². The van der Waals surface area contributed by atoms with E-state index in [9.17, 15) is 9.59 Å². The van der Waals surface area contributed by atoms with E-state index >= 15 is 0 Å².